The number of nitrogens with zero attached hydrogens (tertiary/aromatic N) is 3. The van der Waals surface area contributed by atoms with Gasteiger partial charge in [-0.05, 0) is 60.9 Å². The quantitative estimate of drug-likeness (QED) is 0.483. The number of halogens is 3. The lowest BCUT2D eigenvalue weighted by atomic mass is 10.00. The van der Waals surface area contributed by atoms with Gasteiger partial charge in [-0.25, -0.2) is 0 Å². The van der Waals surface area contributed by atoms with Crippen LogP contribution in [0.5, 0.6) is 5.88 Å². The van der Waals surface area contributed by atoms with E-state index in [9.17, 15) is 23.1 Å². The van der Waals surface area contributed by atoms with Crippen LogP contribution in [0, 0.1) is 6.92 Å². The first-order valence-electron chi connectivity index (χ1n) is 11.7. The molecule has 3 heterocycles. The third kappa shape index (κ3) is 6.75. The second-order valence-electron chi connectivity index (χ2n) is 8.72. The summed E-state index contributed by atoms with van der Waals surface area (Å²) in [4.78, 5) is 22.7. The maximum absolute atomic E-state index is 13.0. The molecule has 11 heteroatoms. The van der Waals surface area contributed by atoms with E-state index in [1.807, 2.05) is 19.1 Å². The van der Waals surface area contributed by atoms with Gasteiger partial charge in [0.2, 0.25) is 5.88 Å². The van der Waals surface area contributed by atoms with E-state index < -0.39 is 23.9 Å². The van der Waals surface area contributed by atoms with E-state index in [0.717, 1.165) is 22.9 Å². The fraction of sp³-hybridized carbons (Fsp3) is 0.346. The molecule has 0 spiro atoms. The van der Waals surface area contributed by atoms with Crippen LogP contribution in [0.2, 0.25) is 0 Å². The van der Waals surface area contributed by atoms with Gasteiger partial charge < -0.3 is 24.8 Å². The zero-order valence-corrected chi connectivity index (χ0v) is 20.4. The number of hydrogen-bond donors (Lipinski definition) is 2. The van der Waals surface area contributed by atoms with Crippen molar-refractivity contribution in [3.63, 3.8) is 0 Å². The number of anilines is 2. The molecule has 0 bridgehead atoms. The van der Waals surface area contributed by atoms with Crippen LogP contribution in [0.3, 0.4) is 0 Å². The summed E-state index contributed by atoms with van der Waals surface area (Å²) in [7, 11) is 0. The summed E-state index contributed by atoms with van der Waals surface area (Å²) in [5, 5.41) is 12.3. The van der Waals surface area contributed by atoms with Crippen LogP contribution in [-0.4, -0.2) is 60.0 Å². The second-order valence-corrected chi connectivity index (χ2v) is 8.72. The Morgan fingerprint density at radius 3 is 2.65 bits per heavy atom. The molecule has 0 aliphatic carbocycles. The number of morpholine rings is 1. The van der Waals surface area contributed by atoms with Gasteiger partial charge in [0.05, 0.1) is 19.3 Å². The molecule has 4 rings (SSSR count). The van der Waals surface area contributed by atoms with Crippen LogP contribution in [0.1, 0.15) is 28.5 Å². The molecular formula is C26H27F3N4O4. The third-order valence-electron chi connectivity index (χ3n) is 5.71. The van der Waals surface area contributed by atoms with Crippen molar-refractivity contribution in [1.82, 2.24) is 9.97 Å². The minimum atomic E-state index is -4.65. The van der Waals surface area contributed by atoms with Crippen molar-refractivity contribution in [3.8, 4) is 17.0 Å². The molecule has 1 atom stereocenters. The topological polar surface area (TPSA) is 96.8 Å². The van der Waals surface area contributed by atoms with Gasteiger partial charge in [0, 0.05) is 36.6 Å². The molecule has 1 aromatic carbocycles. The van der Waals surface area contributed by atoms with Gasteiger partial charge in [-0.15, -0.1) is 0 Å². The Hall–Kier alpha value is -3.70. The number of nitrogens with one attached hydrogen (secondary N) is 1. The van der Waals surface area contributed by atoms with E-state index in [4.69, 9.17) is 9.47 Å². The highest BCUT2D eigenvalue weighted by atomic mass is 19.4. The molecule has 1 saturated heterocycles. The Morgan fingerprint density at radius 1 is 1.19 bits per heavy atom. The average molecular weight is 517 g/mol. The van der Waals surface area contributed by atoms with E-state index in [1.54, 1.807) is 25.1 Å². The lowest BCUT2D eigenvalue weighted by Crippen LogP contribution is -2.36. The largest absolute Gasteiger partial charge is 0.475 e. The summed E-state index contributed by atoms with van der Waals surface area (Å²) in [5.41, 5.74) is 1.57. The Bertz CT molecular complexity index is 1260. The molecule has 2 N–H and O–H groups in total. The van der Waals surface area contributed by atoms with Crippen LogP contribution in [-0.2, 0) is 10.9 Å². The predicted molar refractivity (Wildman–Crippen MR) is 132 cm³/mol. The number of pyridine rings is 2. The molecule has 1 amide bonds. The summed E-state index contributed by atoms with van der Waals surface area (Å²) in [6, 6.07) is 10.8. The van der Waals surface area contributed by atoms with E-state index in [2.05, 4.69) is 20.2 Å². The Morgan fingerprint density at radius 2 is 1.95 bits per heavy atom. The normalized spacial score (nSPS) is 14.8. The summed E-state index contributed by atoms with van der Waals surface area (Å²) >= 11 is 0. The fourth-order valence-electron chi connectivity index (χ4n) is 3.82. The number of rotatable bonds is 7. The number of aliphatic hydroxyl groups excluding tert-OH is 1. The number of amides is 1. The molecule has 37 heavy (non-hydrogen) atoms. The Balaban J connectivity index is 1.64. The number of aliphatic hydroxyl groups is 1. The molecule has 0 saturated carbocycles. The highest BCUT2D eigenvalue weighted by Gasteiger charge is 2.33. The van der Waals surface area contributed by atoms with E-state index in [0.29, 0.717) is 49.8 Å². The van der Waals surface area contributed by atoms with Crippen LogP contribution in [0.15, 0.2) is 48.7 Å². The van der Waals surface area contributed by atoms with Crippen molar-refractivity contribution in [2.45, 2.75) is 26.1 Å². The summed E-state index contributed by atoms with van der Waals surface area (Å²) in [5.74, 6) is 0.337. The number of carbonyl (C=O) groups is 1. The van der Waals surface area contributed by atoms with Crippen molar-refractivity contribution in [3.05, 3.63) is 65.5 Å². The van der Waals surface area contributed by atoms with Crippen molar-refractivity contribution >= 4 is 17.4 Å². The minimum Gasteiger partial charge on any atom is -0.475 e. The number of aryl methyl sites for hydroxylation is 1. The number of benzene rings is 1. The van der Waals surface area contributed by atoms with Crippen molar-refractivity contribution in [2.75, 3.05) is 43.1 Å². The average Bonchev–Trinajstić information content (AvgIpc) is 2.88. The number of alkyl halides is 3. The van der Waals surface area contributed by atoms with Crippen molar-refractivity contribution in [1.29, 1.82) is 0 Å². The molecule has 8 nitrogen and oxygen atoms in total. The van der Waals surface area contributed by atoms with E-state index in [-0.39, 0.29) is 12.2 Å². The molecule has 1 fully saturated rings. The van der Waals surface area contributed by atoms with Crippen molar-refractivity contribution in [2.24, 2.45) is 0 Å². The van der Waals surface area contributed by atoms with E-state index >= 15 is 0 Å². The first kappa shape index (κ1) is 26.4. The molecule has 0 unspecified atom stereocenters. The van der Waals surface area contributed by atoms with Crippen LogP contribution in [0.25, 0.3) is 11.1 Å². The molecule has 2 aromatic heterocycles. The summed E-state index contributed by atoms with van der Waals surface area (Å²) in [6.07, 6.45) is -4.37. The monoisotopic (exact) mass is 516 g/mol. The van der Waals surface area contributed by atoms with Crippen molar-refractivity contribution < 1.29 is 32.5 Å². The molecular weight excluding hydrogens is 489 g/mol. The maximum atomic E-state index is 13.0. The van der Waals surface area contributed by atoms with Gasteiger partial charge in [-0.1, -0.05) is 6.07 Å². The molecule has 196 valence electrons. The second kappa shape index (κ2) is 11.1. The number of carbonyl (C=O) groups excluding carboxylic acids is 1. The van der Waals surface area contributed by atoms with Gasteiger partial charge in [0.15, 0.2) is 0 Å². The zero-order chi connectivity index (χ0) is 26.6. The molecule has 0 radical (unpaired) electrons. The third-order valence-corrected chi connectivity index (χ3v) is 5.71. The number of ether oxygens (including phenoxy) is 2. The van der Waals surface area contributed by atoms with Gasteiger partial charge in [0.1, 0.15) is 18.1 Å². The molecule has 3 aromatic rings. The van der Waals surface area contributed by atoms with Crippen LogP contribution in [0.4, 0.5) is 24.7 Å². The first-order chi connectivity index (χ1) is 17.6. The van der Waals surface area contributed by atoms with Gasteiger partial charge in [-0.3, -0.25) is 9.78 Å². The molecule has 1 aliphatic heterocycles. The Kier molecular flexibility index (Phi) is 7.94. The minimum absolute atomic E-state index is 0.0694. The van der Waals surface area contributed by atoms with E-state index in [1.165, 1.54) is 6.07 Å². The highest BCUT2D eigenvalue weighted by Crippen LogP contribution is 2.33. The number of aromatic nitrogens is 2. The predicted octanol–water partition coefficient (Wildman–Crippen LogP) is 4.32. The summed E-state index contributed by atoms with van der Waals surface area (Å²) in [6.45, 7) is 6.05. The standard InChI is InChI=1S/C26H27F3N4O4/c1-16-3-4-20(31-25(35)18-5-6-30-22(11-18)26(27,28)29)14-21(16)19-12-23(33-7-9-36-10-8-33)32-24(13-19)37-15-17(2)34/h3-6,11-14,17,34H,7-10,15H2,1-2H3,(H,31,35)/t17-/m1/s1. The van der Waals surface area contributed by atoms with Crippen LogP contribution >= 0.6 is 0 Å². The first-order valence-corrected chi connectivity index (χ1v) is 11.7. The van der Waals surface area contributed by atoms with Gasteiger partial charge in [0.25, 0.3) is 5.91 Å². The van der Waals surface area contributed by atoms with Gasteiger partial charge >= 0.3 is 6.18 Å². The lowest BCUT2D eigenvalue weighted by molar-refractivity contribution is -0.141. The smallest absolute Gasteiger partial charge is 0.433 e. The number of hydrogen-bond acceptors (Lipinski definition) is 7. The SMILES string of the molecule is Cc1ccc(NC(=O)c2ccnc(C(F)(F)F)c2)cc1-c1cc(OC[C@@H](C)O)nc(N2CCOCC2)c1. The maximum Gasteiger partial charge on any atom is 0.433 e. The molecule has 1 aliphatic rings. The highest BCUT2D eigenvalue weighted by molar-refractivity contribution is 6.04. The Labute approximate surface area is 212 Å². The lowest BCUT2D eigenvalue weighted by Gasteiger charge is -2.28. The van der Waals surface area contributed by atoms with Crippen LogP contribution < -0.4 is 15.0 Å². The van der Waals surface area contributed by atoms with Gasteiger partial charge in [-0.2, -0.15) is 18.2 Å². The summed E-state index contributed by atoms with van der Waals surface area (Å²) < 4.78 is 50.2. The fourth-order valence-corrected chi connectivity index (χ4v) is 3.82. The zero-order valence-electron chi connectivity index (χ0n) is 20.4.